The quantitative estimate of drug-likeness (QED) is 0.440. The number of rotatable bonds is 5. The third-order valence-electron chi connectivity index (χ3n) is 4.43. The van der Waals surface area contributed by atoms with Crippen LogP contribution in [0.3, 0.4) is 0 Å². The van der Waals surface area contributed by atoms with Gasteiger partial charge in [-0.2, -0.15) is 0 Å². The molecule has 132 valence electrons. The van der Waals surface area contributed by atoms with Crippen LogP contribution < -0.4 is 5.76 Å². The monoisotopic (exact) mass is 350 g/mol. The molecule has 0 bridgehead atoms. The summed E-state index contributed by atoms with van der Waals surface area (Å²) in [5.74, 6) is -0.755. The standard InChI is InChI=1S/C20H18N2O4/c1-13-18(14-7-2-3-8-15(14)21-13)19(23)25-12-6-11-22-16-9-4-5-10-17(16)26-20(22)24/h2-5,7-10,21H,6,11-12H2,1H3. The van der Waals surface area contributed by atoms with Crippen molar-refractivity contribution >= 4 is 28.0 Å². The molecular formula is C20H18N2O4. The molecule has 0 radical (unpaired) electrons. The maximum absolute atomic E-state index is 12.5. The van der Waals surface area contributed by atoms with Crippen molar-refractivity contribution in [2.75, 3.05) is 6.61 Å². The molecular weight excluding hydrogens is 332 g/mol. The fourth-order valence-corrected chi connectivity index (χ4v) is 3.23. The largest absolute Gasteiger partial charge is 0.462 e. The van der Waals surface area contributed by atoms with E-state index in [1.165, 1.54) is 0 Å². The fourth-order valence-electron chi connectivity index (χ4n) is 3.23. The highest BCUT2D eigenvalue weighted by atomic mass is 16.5. The maximum atomic E-state index is 12.5. The number of H-pyrrole nitrogens is 1. The van der Waals surface area contributed by atoms with Crippen LogP contribution in [0.15, 0.2) is 57.7 Å². The zero-order valence-corrected chi connectivity index (χ0v) is 14.3. The van der Waals surface area contributed by atoms with Crippen molar-refractivity contribution in [1.82, 2.24) is 9.55 Å². The number of aromatic nitrogens is 2. The van der Waals surface area contributed by atoms with Gasteiger partial charge in [-0.1, -0.05) is 30.3 Å². The van der Waals surface area contributed by atoms with Crippen LogP contribution in [0.5, 0.6) is 0 Å². The predicted octanol–water partition coefficient (Wildman–Crippen LogP) is 3.63. The van der Waals surface area contributed by atoms with Crippen LogP contribution >= 0.6 is 0 Å². The average Bonchev–Trinajstić information content (AvgIpc) is 3.14. The van der Waals surface area contributed by atoms with Crippen molar-refractivity contribution in [3.05, 3.63) is 70.3 Å². The lowest BCUT2D eigenvalue weighted by Crippen LogP contribution is -2.16. The topological polar surface area (TPSA) is 77.2 Å². The first-order chi connectivity index (χ1) is 12.6. The van der Waals surface area contributed by atoms with Gasteiger partial charge in [-0.3, -0.25) is 4.57 Å². The Morgan fingerprint density at radius 2 is 1.92 bits per heavy atom. The van der Waals surface area contributed by atoms with E-state index in [0.29, 0.717) is 24.1 Å². The van der Waals surface area contributed by atoms with E-state index in [-0.39, 0.29) is 12.6 Å². The van der Waals surface area contributed by atoms with Gasteiger partial charge in [-0.15, -0.1) is 0 Å². The van der Waals surface area contributed by atoms with Crippen molar-refractivity contribution in [3.8, 4) is 0 Å². The van der Waals surface area contributed by atoms with Crippen LogP contribution in [0.25, 0.3) is 22.0 Å². The number of nitrogens with zero attached hydrogens (tertiary/aromatic N) is 1. The van der Waals surface area contributed by atoms with Gasteiger partial charge in [0.25, 0.3) is 0 Å². The number of carbonyl (C=O) groups excluding carboxylic acids is 1. The highest BCUT2D eigenvalue weighted by molar-refractivity contribution is 6.05. The van der Waals surface area contributed by atoms with Crippen LogP contribution in [0, 0.1) is 6.92 Å². The second-order valence-corrected chi connectivity index (χ2v) is 6.15. The molecule has 0 atom stereocenters. The summed E-state index contributed by atoms with van der Waals surface area (Å²) < 4.78 is 12.2. The Hall–Kier alpha value is -3.28. The van der Waals surface area contributed by atoms with Gasteiger partial charge in [-0.05, 0) is 31.5 Å². The molecule has 4 aromatic rings. The van der Waals surface area contributed by atoms with Crippen LogP contribution in [0.1, 0.15) is 22.5 Å². The molecule has 0 spiro atoms. The van der Waals surface area contributed by atoms with Gasteiger partial charge in [0.15, 0.2) is 5.58 Å². The number of nitrogens with one attached hydrogen (secondary N) is 1. The summed E-state index contributed by atoms with van der Waals surface area (Å²) >= 11 is 0. The fraction of sp³-hybridized carbons (Fsp3) is 0.200. The Kier molecular flexibility index (Phi) is 4.08. The first-order valence-electron chi connectivity index (χ1n) is 8.48. The summed E-state index contributed by atoms with van der Waals surface area (Å²) in [4.78, 5) is 27.6. The number of hydrogen-bond donors (Lipinski definition) is 1. The zero-order valence-electron chi connectivity index (χ0n) is 14.3. The van der Waals surface area contributed by atoms with E-state index in [2.05, 4.69) is 4.98 Å². The maximum Gasteiger partial charge on any atom is 0.419 e. The number of hydrogen-bond acceptors (Lipinski definition) is 4. The molecule has 2 heterocycles. The van der Waals surface area contributed by atoms with E-state index in [9.17, 15) is 9.59 Å². The summed E-state index contributed by atoms with van der Waals surface area (Å²) in [6, 6.07) is 14.9. The number of fused-ring (bicyclic) bond motifs is 2. The number of benzene rings is 2. The Morgan fingerprint density at radius 3 is 2.81 bits per heavy atom. The number of ether oxygens (including phenoxy) is 1. The minimum absolute atomic E-state index is 0.226. The van der Waals surface area contributed by atoms with E-state index in [1.807, 2.05) is 49.4 Å². The van der Waals surface area contributed by atoms with Crippen molar-refractivity contribution in [3.63, 3.8) is 0 Å². The molecule has 0 saturated heterocycles. The van der Waals surface area contributed by atoms with Gasteiger partial charge in [0.2, 0.25) is 0 Å². The second-order valence-electron chi connectivity index (χ2n) is 6.15. The summed E-state index contributed by atoms with van der Waals surface area (Å²) in [7, 11) is 0. The molecule has 0 aliphatic heterocycles. The number of para-hydroxylation sites is 3. The number of oxazole rings is 1. The molecule has 0 aliphatic carbocycles. The lowest BCUT2D eigenvalue weighted by Gasteiger charge is -2.06. The van der Waals surface area contributed by atoms with Gasteiger partial charge >= 0.3 is 11.7 Å². The van der Waals surface area contributed by atoms with Crippen molar-refractivity contribution in [2.45, 2.75) is 19.9 Å². The third kappa shape index (κ3) is 2.79. The molecule has 1 N–H and O–H groups in total. The SMILES string of the molecule is Cc1[nH]c2ccccc2c1C(=O)OCCCn1c(=O)oc2ccccc21. The minimum Gasteiger partial charge on any atom is -0.462 e. The first-order valence-corrected chi connectivity index (χ1v) is 8.48. The predicted molar refractivity (Wildman–Crippen MR) is 98.4 cm³/mol. The van der Waals surface area contributed by atoms with Crippen LogP contribution in [0.4, 0.5) is 0 Å². The molecule has 6 heteroatoms. The van der Waals surface area contributed by atoms with Crippen LogP contribution in [0.2, 0.25) is 0 Å². The van der Waals surface area contributed by atoms with E-state index >= 15 is 0 Å². The highest BCUT2D eigenvalue weighted by Gasteiger charge is 2.17. The summed E-state index contributed by atoms with van der Waals surface area (Å²) in [5, 5.41) is 0.854. The lowest BCUT2D eigenvalue weighted by molar-refractivity contribution is 0.0497. The minimum atomic E-state index is -0.398. The third-order valence-corrected chi connectivity index (χ3v) is 4.43. The number of esters is 1. The van der Waals surface area contributed by atoms with Gasteiger partial charge in [0.05, 0.1) is 17.7 Å². The van der Waals surface area contributed by atoms with Gasteiger partial charge in [0, 0.05) is 23.1 Å². The summed E-state index contributed by atoms with van der Waals surface area (Å²) in [6.07, 6.45) is 0.524. The Labute approximate surface area is 149 Å². The molecule has 0 amide bonds. The van der Waals surface area contributed by atoms with E-state index in [4.69, 9.17) is 9.15 Å². The molecule has 26 heavy (non-hydrogen) atoms. The van der Waals surface area contributed by atoms with E-state index in [1.54, 1.807) is 10.6 Å². The Bertz CT molecular complexity index is 1150. The molecule has 0 saturated carbocycles. The van der Waals surface area contributed by atoms with E-state index < -0.39 is 5.76 Å². The summed E-state index contributed by atoms with van der Waals surface area (Å²) in [6.45, 7) is 2.51. The van der Waals surface area contributed by atoms with Gasteiger partial charge in [-0.25, -0.2) is 9.59 Å². The zero-order chi connectivity index (χ0) is 18.1. The van der Waals surface area contributed by atoms with Crippen molar-refractivity contribution in [2.24, 2.45) is 0 Å². The summed E-state index contributed by atoms with van der Waals surface area (Å²) in [5.41, 5.74) is 3.56. The number of carbonyl (C=O) groups is 1. The number of aromatic amines is 1. The van der Waals surface area contributed by atoms with Gasteiger partial charge in [0.1, 0.15) is 0 Å². The van der Waals surface area contributed by atoms with Crippen LogP contribution in [-0.2, 0) is 11.3 Å². The van der Waals surface area contributed by atoms with E-state index in [0.717, 1.165) is 22.1 Å². The Morgan fingerprint density at radius 1 is 1.15 bits per heavy atom. The molecule has 6 nitrogen and oxygen atoms in total. The van der Waals surface area contributed by atoms with Crippen LogP contribution in [-0.4, -0.2) is 22.1 Å². The molecule has 0 aliphatic rings. The molecule has 0 fully saturated rings. The molecule has 2 aromatic heterocycles. The van der Waals surface area contributed by atoms with Gasteiger partial charge < -0.3 is 14.1 Å². The molecule has 4 rings (SSSR count). The molecule has 0 unspecified atom stereocenters. The number of aryl methyl sites for hydroxylation is 2. The molecule has 2 aromatic carbocycles. The average molecular weight is 350 g/mol. The second kappa shape index (κ2) is 6.55. The first kappa shape index (κ1) is 16.2. The normalized spacial score (nSPS) is 11.3. The highest BCUT2D eigenvalue weighted by Crippen LogP contribution is 2.22. The van der Waals surface area contributed by atoms with Crippen molar-refractivity contribution < 1.29 is 13.9 Å². The van der Waals surface area contributed by atoms with Crippen molar-refractivity contribution in [1.29, 1.82) is 0 Å². The lowest BCUT2D eigenvalue weighted by atomic mass is 10.1. The smallest absolute Gasteiger partial charge is 0.419 e. The Balaban J connectivity index is 1.43.